The molecule has 0 unspecified atom stereocenters. The Morgan fingerprint density at radius 3 is 2.43 bits per heavy atom. The van der Waals surface area contributed by atoms with Crippen LogP contribution in [-0.2, 0) is 0 Å². The molecule has 78 valence electrons. The van der Waals surface area contributed by atoms with Crippen LogP contribution >= 0.6 is 0 Å². The van der Waals surface area contributed by atoms with Crippen molar-refractivity contribution in [2.24, 2.45) is 0 Å². The summed E-state index contributed by atoms with van der Waals surface area (Å²) in [7, 11) is -1.26. The Labute approximate surface area is 88.6 Å². The molecule has 1 aliphatic carbocycles. The molecule has 2 aliphatic rings. The molecule has 1 nitrogen and oxygen atoms in total. The van der Waals surface area contributed by atoms with Gasteiger partial charge in [0.05, 0.1) is 0 Å². The van der Waals surface area contributed by atoms with E-state index in [1.165, 1.54) is 38.8 Å². The largest absolute Gasteiger partial charge is 0.320 e. The molecule has 2 rings (SSSR count). The average molecular weight is 207 g/mol. The van der Waals surface area contributed by atoms with Gasteiger partial charge in [-0.05, 0) is 37.5 Å². The lowest BCUT2D eigenvalue weighted by molar-refractivity contribution is 0.347. The van der Waals surface area contributed by atoms with E-state index in [0.717, 1.165) is 0 Å². The highest BCUT2D eigenvalue weighted by atomic mass is 28.3. The summed E-state index contributed by atoms with van der Waals surface area (Å²) < 4.78 is 2.78. The Morgan fingerprint density at radius 1 is 1.14 bits per heavy atom. The molecule has 1 fully saturated rings. The van der Waals surface area contributed by atoms with Gasteiger partial charge in [0.2, 0.25) is 0 Å². The first-order chi connectivity index (χ1) is 6.71. The molecule has 0 aromatic heterocycles. The Kier molecular flexibility index (Phi) is 2.93. The highest BCUT2D eigenvalue weighted by molar-refractivity contribution is 6.82. The predicted molar refractivity (Wildman–Crippen MR) is 64.7 cm³/mol. The maximum absolute atomic E-state index is 2.78. The zero-order valence-electron chi connectivity index (χ0n) is 9.42. The van der Waals surface area contributed by atoms with Gasteiger partial charge in [0, 0.05) is 0 Å². The van der Waals surface area contributed by atoms with Gasteiger partial charge in [-0.2, -0.15) is 0 Å². The molecule has 0 N–H and O–H groups in total. The number of rotatable bonds is 2. The van der Waals surface area contributed by atoms with Gasteiger partial charge in [0.15, 0.2) is 8.24 Å². The zero-order chi connectivity index (χ0) is 10.0. The molecule has 1 aliphatic heterocycles. The van der Waals surface area contributed by atoms with Crippen molar-refractivity contribution in [1.29, 1.82) is 0 Å². The smallest absolute Gasteiger partial charge is 0.153 e. The summed E-state index contributed by atoms with van der Waals surface area (Å²) in [6.07, 6.45) is 12.5. The summed E-state index contributed by atoms with van der Waals surface area (Å²) >= 11 is 0. The topological polar surface area (TPSA) is 3.24 Å². The predicted octanol–water partition coefficient (Wildman–Crippen LogP) is 3.10. The van der Waals surface area contributed by atoms with Crippen molar-refractivity contribution in [3.63, 3.8) is 0 Å². The van der Waals surface area contributed by atoms with E-state index in [-0.39, 0.29) is 0 Å². The van der Waals surface area contributed by atoms with Crippen LogP contribution in [0.25, 0.3) is 0 Å². The van der Waals surface area contributed by atoms with Crippen molar-refractivity contribution in [2.75, 3.05) is 13.1 Å². The van der Waals surface area contributed by atoms with E-state index in [1.807, 2.05) is 0 Å². The number of nitrogens with zero attached hydrogens (tertiary/aromatic N) is 1. The van der Waals surface area contributed by atoms with Crippen LogP contribution in [0.15, 0.2) is 23.4 Å². The summed E-state index contributed by atoms with van der Waals surface area (Å²) in [5, 5.41) is 1.65. The van der Waals surface area contributed by atoms with Gasteiger partial charge in [-0.25, -0.2) is 0 Å². The fourth-order valence-corrected chi connectivity index (χ4v) is 5.49. The molecule has 2 heteroatoms. The van der Waals surface area contributed by atoms with Crippen molar-refractivity contribution < 1.29 is 0 Å². The van der Waals surface area contributed by atoms with Crippen LogP contribution in [0.1, 0.15) is 25.7 Å². The highest BCUT2D eigenvalue weighted by Gasteiger charge is 2.33. The average Bonchev–Trinajstić information content (AvgIpc) is 2.72. The monoisotopic (exact) mass is 207 g/mol. The van der Waals surface area contributed by atoms with Crippen LogP contribution in [0, 0.1) is 0 Å². The van der Waals surface area contributed by atoms with E-state index in [2.05, 4.69) is 35.9 Å². The third-order valence-corrected chi connectivity index (χ3v) is 7.44. The SMILES string of the molecule is C[Si](C)(C1=CCC=C1)N1CCCCC1. The molecule has 14 heavy (non-hydrogen) atoms. The molecule has 0 aromatic carbocycles. The lowest BCUT2D eigenvalue weighted by atomic mass is 10.2. The summed E-state index contributed by atoms with van der Waals surface area (Å²) in [5.74, 6) is 0. The van der Waals surface area contributed by atoms with Crippen LogP contribution in [-0.4, -0.2) is 25.9 Å². The first-order valence-corrected chi connectivity index (χ1v) is 8.78. The van der Waals surface area contributed by atoms with Crippen LogP contribution in [0.5, 0.6) is 0 Å². The lowest BCUT2D eigenvalue weighted by Gasteiger charge is -2.40. The van der Waals surface area contributed by atoms with E-state index < -0.39 is 8.24 Å². The Balaban J connectivity index is 2.09. The van der Waals surface area contributed by atoms with E-state index >= 15 is 0 Å². The number of hydrogen-bond acceptors (Lipinski definition) is 1. The molecule has 1 saturated heterocycles. The van der Waals surface area contributed by atoms with Gasteiger partial charge in [-0.15, -0.1) is 0 Å². The standard InChI is InChI=1S/C12H21NSi/c1-14(2,12-8-4-5-9-12)13-10-6-3-7-11-13/h4,8-9H,3,5-7,10-11H2,1-2H3. The van der Waals surface area contributed by atoms with Crippen LogP contribution in [0.2, 0.25) is 13.1 Å². The third kappa shape index (κ3) is 1.86. The normalized spacial score (nSPS) is 24.0. The first kappa shape index (κ1) is 10.2. The minimum absolute atomic E-state index is 1.17. The Morgan fingerprint density at radius 2 is 1.86 bits per heavy atom. The molecule has 0 radical (unpaired) electrons. The van der Waals surface area contributed by atoms with Crippen LogP contribution in [0.4, 0.5) is 0 Å². The fraction of sp³-hybridized carbons (Fsp3) is 0.667. The second kappa shape index (κ2) is 4.03. The highest BCUT2D eigenvalue weighted by Crippen LogP contribution is 2.27. The van der Waals surface area contributed by atoms with Crippen molar-refractivity contribution in [2.45, 2.75) is 38.8 Å². The summed E-state index contributed by atoms with van der Waals surface area (Å²) in [6, 6.07) is 0. The van der Waals surface area contributed by atoms with Crippen molar-refractivity contribution in [3.8, 4) is 0 Å². The molecule has 0 amide bonds. The maximum atomic E-state index is 2.78. The van der Waals surface area contributed by atoms with Gasteiger partial charge < -0.3 is 4.57 Å². The molecule has 0 spiro atoms. The van der Waals surface area contributed by atoms with Crippen molar-refractivity contribution >= 4 is 8.24 Å². The minimum atomic E-state index is -1.26. The summed E-state index contributed by atoms with van der Waals surface area (Å²) in [5.41, 5.74) is 0. The maximum Gasteiger partial charge on any atom is 0.153 e. The van der Waals surface area contributed by atoms with Crippen LogP contribution < -0.4 is 0 Å². The second-order valence-corrected chi connectivity index (χ2v) is 9.23. The van der Waals surface area contributed by atoms with Crippen molar-refractivity contribution in [1.82, 2.24) is 4.57 Å². The lowest BCUT2D eigenvalue weighted by Crippen LogP contribution is -2.52. The quantitative estimate of drug-likeness (QED) is 0.629. The van der Waals surface area contributed by atoms with E-state index in [0.29, 0.717) is 0 Å². The molecular weight excluding hydrogens is 186 g/mol. The Hall–Kier alpha value is -0.343. The Bertz CT molecular complexity index is 259. The molecule has 1 heterocycles. The van der Waals surface area contributed by atoms with Gasteiger partial charge >= 0.3 is 0 Å². The van der Waals surface area contributed by atoms with Gasteiger partial charge in [-0.3, -0.25) is 0 Å². The molecule has 0 bridgehead atoms. The number of piperidine rings is 1. The fourth-order valence-electron chi connectivity index (χ4n) is 2.55. The molecule has 0 aromatic rings. The van der Waals surface area contributed by atoms with E-state index in [9.17, 15) is 0 Å². The van der Waals surface area contributed by atoms with Gasteiger partial charge in [0.25, 0.3) is 0 Å². The third-order valence-electron chi connectivity index (χ3n) is 3.62. The van der Waals surface area contributed by atoms with Crippen LogP contribution in [0.3, 0.4) is 0 Å². The van der Waals surface area contributed by atoms with E-state index in [4.69, 9.17) is 0 Å². The van der Waals surface area contributed by atoms with Crippen molar-refractivity contribution in [3.05, 3.63) is 23.4 Å². The molecular formula is C12H21NSi. The second-order valence-electron chi connectivity index (χ2n) is 4.90. The number of hydrogen-bond donors (Lipinski definition) is 0. The minimum Gasteiger partial charge on any atom is -0.320 e. The van der Waals surface area contributed by atoms with Gasteiger partial charge in [0.1, 0.15) is 0 Å². The molecule has 0 atom stereocenters. The number of allylic oxidation sites excluding steroid dienone is 4. The summed E-state index contributed by atoms with van der Waals surface area (Å²) in [4.78, 5) is 0. The van der Waals surface area contributed by atoms with E-state index in [1.54, 1.807) is 5.20 Å². The van der Waals surface area contributed by atoms with Gasteiger partial charge in [-0.1, -0.05) is 37.7 Å². The zero-order valence-corrected chi connectivity index (χ0v) is 10.4. The molecule has 0 saturated carbocycles. The summed E-state index contributed by atoms with van der Waals surface area (Å²) in [6.45, 7) is 7.68. The first-order valence-electron chi connectivity index (χ1n) is 5.83.